The molecular formula is C40H28F3NO3. The van der Waals surface area contributed by atoms with Gasteiger partial charge in [0.25, 0.3) is 0 Å². The van der Waals surface area contributed by atoms with Gasteiger partial charge in [-0.15, -0.1) is 0 Å². The summed E-state index contributed by atoms with van der Waals surface area (Å²) in [6, 6.07) is 37.1. The van der Waals surface area contributed by atoms with Gasteiger partial charge in [-0.05, 0) is 53.9 Å². The van der Waals surface area contributed by atoms with E-state index in [1.54, 1.807) is 20.3 Å². The summed E-state index contributed by atoms with van der Waals surface area (Å²) < 4.78 is 63.1. The fourth-order valence-electron chi connectivity index (χ4n) is 6.87. The Kier molecular flexibility index (Phi) is 6.55. The van der Waals surface area contributed by atoms with Gasteiger partial charge in [0, 0.05) is 38.5 Å². The maximum absolute atomic E-state index is 14.2. The third-order valence-electron chi connectivity index (χ3n) is 9.00. The molecule has 8 rings (SSSR count). The highest BCUT2D eigenvalue weighted by molar-refractivity contribution is 6.25. The van der Waals surface area contributed by atoms with Crippen molar-refractivity contribution in [1.82, 2.24) is 4.57 Å². The molecule has 7 heteroatoms. The lowest BCUT2D eigenvalue weighted by molar-refractivity contribution is -0.137. The number of rotatable bonds is 5. The zero-order chi connectivity index (χ0) is 32.3. The molecule has 0 bridgehead atoms. The van der Waals surface area contributed by atoms with E-state index >= 15 is 0 Å². The van der Waals surface area contributed by atoms with E-state index in [4.69, 9.17) is 14.2 Å². The van der Waals surface area contributed by atoms with Gasteiger partial charge in [-0.3, -0.25) is 0 Å². The van der Waals surface area contributed by atoms with Crippen molar-refractivity contribution >= 4 is 38.7 Å². The molecule has 2 heterocycles. The van der Waals surface area contributed by atoms with Crippen molar-refractivity contribution in [3.8, 4) is 22.9 Å². The number of nitrogens with zero attached hydrogens (tertiary/aromatic N) is 1. The predicted molar refractivity (Wildman–Crippen MR) is 180 cm³/mol. The second-order valence-corrected chi connectivity index (χ2v) is 11.5. The van der Waals surface area contributed by atoms with Crippen LogP contribution in [-0.4, -0.2) is 18.8 Å². The van der Waals surface area contributed by atoms with Crippen LogP contribution in [0.25, 0.3) is 44.3 Å². The monoisotopic (exact) mass is 627 g/mol. The van der Waals surface area contributed by atoms with Gasteiger partial charge < -0.3 is 18.8 Å². The zero-order valence-corrected chi connectivity index (χ0v) is 25.5. The first-order chi connectivity index (χ1) is 22.8. The first kappa shape index (κ1) is 28.8. The summed E-state index contributed by atoms with van der Waals surface area (Å²) in [4.78, 5) is 0. The minimum Gasteiger partial charge on any atom is -0.493 e. The van der Waals surface area contributed by atoms with Crippen molar-refractivity contribution in [2.45, 2.75) is 11.8 Å². The molecule has 0 N–H and O–H groups in total. The van der Waals surface area contributed by atoms with Crippen LogP contribution in [0.1, 0.15) is 22.3 Å². The van der Waals surface area contributed by atoms with Crippen LogP contribution in [0.15, 0.2) is 127 Å². The van der Waals surface area contributed by atoms with Gasteiger partial charge in [-0.1, -0.05) is 84.9 Å². The molecule has 1 aliphatic heterocycles. The van der Waals surface area contributed by atoms with Crippen LogP contribution in [0.3, 0.4) is 0 Å². The second-order valence-electron chi connectivity index (χ2n) is 11.5. The Hall–Kier alpha value is -5.69. The molecule has 0 saturated carbocycles. The Labute approximate surface area is 268 Å². The van der Waals surface area contributed by atoms with Crippen molar-refractivity contribution in [3.05, 3.63) is 150 Å². The topological polar surface area (TPSA) is 32.6 Å². The number of aromatic nitrogens is 1. The van der Waals surface area contributed by atoms with Crippen LogP contribution in [0.2, 0.25) is 0 Å². The molecule has 0 saturated heterocycles. The average molecular weight is 628 g/mol. The standard InChI is InChI=1S/C40H28F3NO3/c1-45-34-23-31-32(24-35(34)46-2)38-30(20-21-39(47-38,25-12-6-3-7-13-25)26-14-8-4-9-15-26)37-36(31)29-19-18-27(40(41,42)43)22-33(29)44(37)28-16-10-5-11-17-28/h3-24H,1-2H3. The molecule has 4 nitrogen and oxygen atoms in total. The van der Waals surface area contributed by atoms with Crippen LogP contribution in [-0.2, 0) is 11.8 Å². The number of benzene rings is 6. The van der Waals surface area contributed by atoms with Crippen LogP contribution in [0.5, 0.6) is 17.2 Å². The van der Waals surface area contributed by atoms with E-state index < -0.39 is 17.3 Å². The predicted octanol–water partition coefficient (Wildman–Crippen LogP) is 10.3. The third kappa shape index (κ3) is 4.37. The van der Waals surface area contributed by atoms with Gasteiger partial charge in [0.2, 0.25) is 0 Å². The summed E-state index contributed by atoms with van der Waals surface area (Å²) in [5, 5.41) is 2.97. The molecular weight excluding hydrogens is 599 g/mol. The lowest BCUT2D eigenvalue weighted by Gasteiger charge is -2.37. The van der Waals surface area contributed by atoms with E-state index in [9.17, 15) is 13.2 Å². The first-order valence-corrected chi connectivity index (χ1v) is 15.2. The highest BCUT2D eigenvalue weighted by Gasteiger charge is 2.39. The maximum Gasteiger partial charge on any atom is 0.416 e. The molecule has 7 aromatic rings. The molecule has 1 aliphatic rings. The molecule has 0 unspecified atom stereocenters. The molecule has 0 spiro atoms. The maximum atomic E-state index is 14.2. The number of fused-ring (bicyclic) bond motifs is 8. The molecule has 0 atom stereocenters. The summed E-state index contributed by atoms with van der Waals surface area (Å²) in [5.74, 6) is 1.59. The normalized spacial score (nSPS) is 13.9. The molecule has 232 valence electrons. The molecule has 0 aliphatic carbocycles. The second kappa shape index (κ2) is 10.7. The summed E-state index contributed by atoms with van der Waals surface area (Å²) in [6.07, 6.45) is -0.432. The van der Waals surface area contributed by atoms with Gasteiger partial charge >= 0.3 is 6.18 Å². The zero-order valence-electron chi connectivity index (χ0n) is 25.5. The van der Waals surface area contributed by atoms with Gasteiger partial charge in [0.05, 0.1) is 30.8 Å². The van der Waals surface area contributed by atoms with E-state index in [0.717, 1.165) is 50.1 Å². The Morgan fingerprint density at radius 1 is 0.660 bits per heavy atom. The number of hydrogen-bond donors (Lipinski definition) is 0. The quantitative estimate of drug-likeness (QED) is 0.190. The number of halogens is 3. The van der Waals surface area contributed by atoms with Crippen molar-refractivity contribution in [3.63, 3.8) is 0 Å². The Balaban J connectivity index is 1.57. The number of alkyl halides is 3. The lowest BCUT2D eigenvalue weighted by atomic mass is 9.83. The van der Waals surface area contributed by atoms with E-state index in [1.807, 2.05) is 120 Å². The van der Waals surface area contributed by atoms with E-state index in [-0.39, 0.29) is 0 Å². The molecule has 6 aromatic carbocycles. The molecule has 0 fully saturated rings. The molecule has 0 radical (unpaired) electrons. The van der Waals surface area contributed by atoms with E-state index in [1.165, 1.54) is 6.07 Å². The molecule has 1 aromatic heterocycles. The van der Waals surface area contributed by atoms with Gasteiger partial charge in [0.15, 0.2) is 17.1 Å². The van der Waals surface area contributed by atoms with Crippen molar-refractivity contribution in [1.29, 1.82) is 0 Å². The summed E-state index contributed by atoms with van der Waals surface area (Å²) in [5.41, 5.74) is 2.78. The van der Waals surface area contributed by atoms with E-state index in [0.29, 0.717) is 28.2 Å². The summed E-state index contributed by atoms with van der Waals surface area (Å²) in [7, 11) is 3.14. The van der Waals surface area contributed by atoms with Gasteiger partial charge in [0.1, 0.15) is 5.75 Å². The van der Waals surface area contributed by atoms with Gasteiger partial charge in [-0.2, -0.15) is 13.2 Å². The number of hydrogen-bond acceptors (Lipinski definition) is 3. The van der Waals surface area contributed by atoms with Crippen molar-refractivity contribution in [2.24, 2.45) is 0 Å². The number of para-hydroxylation sites is 1. The Morgan fingerprint density at radius 3 is 1.81 bits per heavy atom. The fourth-order valence-corrected chi connectivity index (χ4v) is 6.87. The van der Waals surface area contributed by atoms with Gasteiger partial charge in [-0.25, -0.2) is 0 Å². The fraction of sp³-hybridized carbons (Fsp3) is 0.100. The molecule has 0 amide bonds. The minimum absolute atomic E-state index is 0.432. The summed E-state index contributed by atoms with van der Waals surface area (Å²) in [6.45, 7) is 0. The highest BCUT2D eigenvalue weighted by Crippen LogP contribution is 2.52. The smallest absolute Gasteiger partial charge is 0.416 e. The van der Waals surface area contributed by atoms with Crippen LogP contribution >= 0.6 is 0 Å². The average Bonchev–Trinajstić information content (AvgIpc) is 3.46. The van der Waals surface area contributed by atoms with Crippen molar-refractivity contribution in [2.75, 3.05) is 14.2 Å². The lowest BCUT2D eigenvalue weighted by Crippen LogP contribution is -2.34. The summed E-state index contributed by atoms with van der Waals surface area (Å²) >= 11 is 0. The first-order valence-electron chi connectivity index (χ1n) is 15.2. The third-order valence-corrected chi connectivity index (χ3v) is 9.00. The molecule has 47 heavy (non-hydrogen) atoms. The van der Waals surface area contributed by atoms with Crippen LogP contribution in [0.4, 0.5) is 13.2 Å². The minimum atomic E-state index is -4.52. The van der Waals surface area contributed by atoms with Crippen molar-refractivity contribution < 1.29 is 27.4 Å². The number of ether oxygens (including phenoxy) is 3. The van der Waals surface area contributed by atoms with E-state index in [2.05, 4.69) is 0 Å². The number of methoxy groups -OCH3 is 2. The Morgan fingerprint density at radius 2 is 1.23 bits per heavy atom. The van der Waals surface area contributed by atoms with Crippen LogP contribution in [0, 0.1) is 0 Å². The largest absolute Gasteiger partial charge is 0.493 e. The van der Waals surface area contributed by atoms with Crippen LogP contribution < -0.4 is 14.2 Å². The highest BCUT2D eigenvalue weighted by atomic mass is 19.4. The SMILES string of the molecule is COc1cc2c3c(c4c(c2cc1OC)c1ccc(C(F)(F)F)cc1n4-c1ccccc1)C=CC(c1ccccc1)(c1ccccc1)O3. The Bertz CT molecular complexity index is 2290.